The Morgan fingerprint density at radius 3 is 2.77 bits per heavy atom. The second-order valence-corrected chi connectivity index (χ2v) is 5.28. The number of carboxylic acids is 1. The third-order valence-corrected chi connectivity index (χ3v) is 3.45. The molecule has 132 valence electrons. The van der Waals surface area contributed by atoms with Gasteiger partial charge in [-0.25, -0.2) is 4.98 Å². The summed E-state index contributed by atoms with van der Waals surface area (Å²) in [4.78, 5) is 23.6. The van der Waals surface area contributed by atoms with E-state index in [0.717, 1.165) is 11.3 Å². The number of ether oxygens (including phenoxy) is 1. The lowest BCUT2D eigenvalue weighted by molar-refractivity contribution is -0.134. The van der Waals surface area contributed by atoms with E-state index in [9.17, 15) is 4.79 Å². The summed E-state index contributed by atoms with van der Waals surface area (Å²) in [6.07, 6.45) is 3.35. The van der Waals surface area contributed by atoms with Crippen molar-refractivity contribution in [3.05, 3.63) is 54.9 Å². The highest BCUT2D eigenvalue weighted by Gasteiger charge is 2.10. The Labute approximate surface area is 149 Å². The minimum atomic E-state index is -1.00. The molecule has 0 amide bonds. The SMILES string of the molecule is COc1ccccc1Nc1cc(-c2cccnc2)nc(NCC(=O)O)n1. The predicted octanol–water partition coefficient (Wildman–Crippen LogP) is 2.79. The molecule has 0 fully saturated rings. The summed E-state index contributed by atoms with van der Waals surface area (Å²) in [5.41, 5.74) is 2.13. The second-order valence-electron chi connectivity index (χ2n) is 5.28. The minimum Gasteiger partial charge on any atom is -0.495 e. The molecule has 0 bridgehead atoms. The van der Waals surface area contributed by atoms with Crippen LogP contribution in [0.5, 0.6) is 5.75 Å². The van der Waals surface area contributed by atoms with Crippen LogP contribution in [0.25, 0.3) is 11.3 Å². The molecule has 0 radical (unpaired) electrons. The van der Waals surface area contributed by atoms with E-state index in [1.165, 1.54) is 0 Å². The lowest BCUT2D eigenvalue weighted by Gasteiger charge is -2.13. The number of benzene rings is 1. The van der Waals surface area contributed by atoms with Crippen LogP contribution < -0.4 is 15.4 Å². The molecule has 3 aromatic rings. The zero-order valence-electron chi connectivity index (χ0n) is 14.0. The summed E-state index contributed by atoms with van der Waals surface area (Å²) in [7, 11) is 1.58. The Morgan fingerprint density at radius 2 is 2.04 bits per heavy atom. The van der Waals surface area contributed by atoms with Crippen molar-refractivity contribution in [3.8, 4) is 17.0 Å². The van der Waals surface area contributed by atoms with Gasteiger partial charge in [-0.3, -0.25) is 9.78 Å². The molecule has 26 heavy (non-hydrogen) atoms. The van der Waals surface area contributed by atoms with E-state index in [0.29, 0.717) is 17.3 Å². The molecule has 0 unspecified atom stereocenters. The third-order valence-electron chi connectivity index (χ3n) is 3.45. The maximum atomic E-state index is 10.8. The first-order valence-electron chi connectivity index (χ1n) is 7.81. The van der Waals surface area contributed by atoms with Crippen LogP contribution in [0.3, 0.4) is 0 Å². The Bertz CT molecular complexity index is 902. The van der Waals surface area contributed by atoms with Crippen molar-refractivity contribution < 1.29 is 14.6 Å². The topological polar surface area (TPSA) is 109 Å². The van der Waals surface area contributed by atoms with Gasteiger partial charge in [0.2, 0.25) is 5.95 Å². The van der Waals surface area contributed by atoms with Gasteiger partial charge in [-0.15, -0.1) is 0 Å². The van der Waals surface area contributed by atoms with Gasteiger partial charge in [0.25, 0.3) is 0 Å². The monoisotopic (exact) mass is 351 g/mol. The Hall–Kier alpha value is -3.68. The number of hydrogen-bond acceptors (Lipinski definition) is 7. The van der Waals surface area contributed by atoms with Gasteiger partial charge in [-0.2, -0.15) is 4.98 Å². The van der Waals surface area contributed by atoms with E-state index in [1.807, 2.05) is 30.3 Å². The van der Waals surface area contributed by atoms with E-state index in [1.54, 1.807) is 31.6 Å². The molecular weight excluding hydrogens is 334 g/mol. The maximum Gasteiger partial charge on any atom is 0.322 e. The average Bonchev–Trinajstić information content (AvgIpc) is 2.67. The number of methoxy groups -OCH3 is 1. The van der Waals surface area contributed by atoms with Crippen LogP contribution in [-0.4, -0.2) is 39.7 Å². The fourth-order valence-corrected chi connectivity index (χ4v) is 2.29. The van der Waals surface area contributed by atoms with Crippen molar-refractivity contribution in [2.75, 3.05) is 24.3 Å². The fraction of sp³-hybridized carbons (Fsp3) is 0.111. The van der Waals surface area contributed by atoms with Crippen LogP contribution in [0.4, 0.5) is 17.5 Å². The van der Waals surface area contributed by atoms with Gasteiger partial charge in [-0.1, -0.05) is 12.1 Å². The summed E-state index contributed by atoms with van der Waals surface area (Å²) in [6, 6.07) is 12.8. The Kier molecular flexibility index (Phi) is 5.23. The summed E-state index contributed by atoms with van der Waals surface area (Å²) < 4.78 is 5.33. The summed E-state index contributed by atoms with van der Waals surface area (Å²) >= 11 is 0. The van der Waals surface area contributed by atoms with Gasteiger partial charge >= 0.3 is 5.97 Å². The molecule has 0 saturated carbocycles. The third kappa shape index (κ3) is 4.23. The number of anilines is 3. The molecule has 0 aliphatic rings. The summed E-state index contributed by atoms with van der Waals surface area (Å²) in [5, 5.41) is 14.7. The standard InChI is InChI=1S/C18H17N5O3/c1-26-15-7-3-2-6-13(15)21-16-9-14(12-5-4-8-19-10-12)22-18(23-16)20-11-17(24)25/h2-10H,11H2,1H3,(H,24,25)(H2,20,21,22,23). The largest absolute Gasteiger partial charge is 0.495 e. The number of pyridine rings is 1. The van der Waals surface area contributed by atoms with Crippen molar-refractivity contribution in [2.24, 2.45) is 0 Å². The molecule has 1 aromatic carbocycles. The summed E-state index contributed by atoms with van der Waals surface area (Å²) in [6.45, 7) is -0.287. The van der Waals surface area contributed by atoms with Crippen molar-refractivity contribution >= 4 is 23.4 Å². The van der Waals surface area contributed by atoms with Gasteiger partial charge in [-0.05, 0) is 24.3 Å². The van der Waals surface area contributed by atoms with Crippen LogP contribution in [0.2, 0.25) is 0 Å². The number of nitrogens with one attached hydrogen (secondary N) is 2. The minimum absolute atomic E-state index is 0.200. The van der Waals surface area contributed by atoms with Gasteiger partial charge in [0, 0.05) is 24.0 Å². The van der Waals surface area contributed by atoms with E-state index < -0.39 is 5.97 Å². The first kappa shape index (κ1) is 17.2. The zero-order chi connectivity index (χ0) is 18.4. The van der Waals surface area contributed by atoms with Crippen molar-refractivity contribution in [2.45, 2.75) is 0 Å². The summed E-state index contributed by atoms with van der Waals surface area (Å²) in [5.74, 6) is 0.357. The Morgan fingerprint density at radius 1 is 1.19 bits per heavy atom. The van der Waals surface area contributed by atoms with E-state index in [2.05, 4.69) is 25.6 Å². The number of nitrogens with zero attached hydrogens (tertiary/aromatic N) is 3. The number of hydrogen-bond donors (Lipinski definition) is 3. The van der Waals surface area contributed by atoms with Crippen molar-refractivity contribution in [3.63, 3.8) is 0 Å². The number of aromatic nitrogens is 3. The molecule has 8 heteroatoms. The van der Waals surface area contributed by atoms with E-state index in [-0.39, 0.29) is 12.5 Å². The molecule has 3 N–H and O–H groups in total. The number of para-hydroxylation sites is 2. The van der Waals surface area contributed by atoms with Crippen LogP contribution in [0.15, 0.2) is 54.9 Å². The van der Waals surface area contributed by atoms with Gasteiger partial charge < -0.3 is 20.5 Å². The number of carbonyl (C=O) groups is 1. The molecule has 2 aromatic heterocycles. The van der Waals surface area contributed by atoms with Gasteiger partial charge in [0.1, 0.15) is 18.1 Å². The normalized spacial score (nSPS) is 10.2. The van der Waals surface area contributed by atoms with Crippen LogP contribution in [0, 0.1) is 0 Å². The number of rotatable bonds is 7. The first-order chi connectivity index (χ1) is 12.7. The maximum absolute atomic E-state index is 10.8. The molecule has 0 spiro atoms. The molecule has 0 atom stereocenters. The van der Waals surface area contributed by atoms with Gasteiger partial charge in [0.05, 0.1) is 18.5 Å². The van der Waals surface area contributed by atoms with E-state index >= 15 is 0 Å². The Balaban J connectivity index is 1.97. The molecule has 0 saturated heterocycles. The smallest absolute Gasteiger partial charge is 0.322 e. The second kappa shape index (κ2) is 7.93. The fourth-order valence-electron chi connectivity index (χ4n) is 2.29. The average molecular weight is 351 g/mol. The van der Waals surface area contributed by atoms with Gasteiger partial charge in [0.15, 0.2) is 0 Å². The molecule has 0 aliphatic heterocycles. The highest BCUT2D eigenvalue weighted by atomic mass is 16.5. The molecule has 0 aliphatic carbocycles. The van der Waals surface area contributed by atoms with Crippen molar-refractivity contribution in [1.29, 1.82) is 0 Å². The van der Waals surface area contributed by atoms with Crippen molar-refractivity contribution in [1.82, 2.24) is 15.0 Å². The number of aliphatic carboxylic acids is 1. The molecule has 3 rings (SSSR count). The molecule has 2 heterocycles. The van der Waals surface area contributed by atoms with E-state index in [4.69, 9.17) is 9.84 Å². The quantitative estimate of drug-likeness (QED) is 0.596. The lowest BCUT2D eigenvalue weighted by Crippen LogP contribution is -2.15. The first-order valence-corrected chi connectivity index (χ1v) is 7.81. The highest BCUT2D eigenvalue weighted by molar-refractivity contribution is 5.73. The zero-order valence-corrected chi connectivity index (χ0v) is 14.0. The van der Waals surface area contributed by atoms with Crippen LogP contribution >= 0.6 is 0 Å². The molecule has 8 nitrogen and oxygen atoms in total. The van der Waals surface area contributed by atoms with Crippen LogP contribution in [0.1, 0.15) is 0 Å². The number of carboxylic acid groups (broad SMARTS) is 1. The predicted molar refractivity (Wildman–Crippen MR) is 97.7 cm³/mol. The lowest BCUT2D eigenvalue weighted by atomic mass is 10.2. The molecular formula is C18H17N5O3. The highest BCUT2D eigenvalue weighted by Crippen LogP contribution is 2.28. The van der Waals surface area contributed by atoms with Crippen LogP contribution in [-0.2, 0) is 4.79 Å².